The molecule has 0 radical (unpaired) electrons. The Morgan fingerprint density at radius 2 is 2.19 bits per heavy atom. The van der Waals surface area contributed by atoms with Crippen molar-refractivity contribution in [3.8, 4) is 0 Å². The third kappa shape index (κ3) is 2.52. The quantitative estimate of drug-likeness (QED) is 0.798. The van der Waals surface area contributed by atoms with E-state index in [4.69, 9.17) is 12.2 Å². The fourth-order valence-corrected chi connectivity index (χ4v) is 2.50. The van der Waals surface area contributed by atoms with Gasteiger partial charge in [-0.2, -0.15) is 5.10 Å². The van der Waals surface area contributed by atoms with E-state index < -0.39 is 0 Å². The summed E-state index contributed by atoms with van der Waals surface area (Å²) in [4.78, 5) is 5.70. The number of aromatic nitrogens is 3. The van der Waals surface area contributed by atoms with Crippen LogP contribution >= 0.6 is 12.2 Å². The molecule has 1 aromatic rings. The third-order valence-corrected chi connectivity index (χ3v) is 3.84. The van der Waals surface area contributed by atoms with Crippen LogP contribution in [0, 0.1) is 4.77 Å². The predicted octanol–water partition coefficient (Wildman–Crippen LogP) is 2.45. The van der Waals surface area contributed by atoms with Crippen molar-refractivity contribution < 1.29 is 0 Å². The molecule has 4 nitrogen and oxygen atoms in total. The molecule has 0 aromatic carbocycles. The highest BCUT2D eigenvalue weighted by atomic mass is 32.1. The second-order valence-electron chi connectivity index (χ2n) is 4.63. The zero-order valence-electron chi connectivity index (χ0n) is 9.99. The van der Waals surface area contributed by atoms with Gasteiger partial charge in [0.2, 0.25) is 0 Å². The van der Waals surface area contributed by atoms with Crippen LogP contribution in [0.15, 0.2) is 0 Å². The van der Waals surface area contributed by atoms with Gasteiger partial charge in [-0.15, -0.1) is 0 Å². The van der Waals surface area contributed by atoms with Crippen LogP contribution in [0.3, 0.4) is 0 Å². The number of hydrogen-bond acceptors (Lipinski definition) is 3. The van der Waals surface area contributed by atoms with E-state index in [0.29, 0.717) is 16.7 Å². The van der Waals surface area contributed by atoms with Crippen molar-refractivity contribution in [2.24, 2.45) is 0 Å². The van der Waals surface area contributed by atoms with Crippen LogP contribution in [-0.4, -0.2) is 39.2 Å². The Kier molecular flexibility index (Phi) is 3.76. The highest BCUT2D eigenvalue weighted by Gasteiger charge is 2.24. The molecule has 0 saturated carbocycles. The van der Waals surface area contributed by atoms with Crippen molar-refractivity contribution >= 4 is 12.2 Å². The number of piperidine rings is 1. The maximum absolute atomic E-state index is 5.00. The van der Waals surface area contributed by atoms with Crippen LogP contribution < -0.4 is 0 Å². The van der Waals surface area contributed by atoms with Gasteiger partial charge in [-0.1, -0.05) is 6.92 Å². The summed E-state index contributed by atoms with van der Waals surface area (Å²) in [5, 5.41) is 7.03. The summed E-state index contributed by atoms with van der Waals surface area (Å²) in [6, 6.07) is 0.707. The number of nitrogens with one attached hydrogen (secondary N) is 2. The van der Waals surface area contributed by atoms with Crippen LogP contribution in [0.5, 0.6) is 0 Å². The molecule has 16 heavy (non-hydrogen) atoms. The molecular weight excluding hydrogens is 220 g/mol. The molecule has 90 valence electrons. The van der Waals surface area contributed by atoms with Gasteiger partial charge in [-0.3, -0.25) is 5.10 Å². The van der Waals surface area contributed by atoms with Gasteiger partial charge >= 0.3 is 0 Å². The Morgan fingerprint density at radius 3 is 2.69 bits per heavy atom. The first kappa shape index (κ1) is 11.8. The number of rotatable bonds is 3. The normalized spacial score (nSPS) is 21.1. The lowest BCUT2D eigenvalue weighted by atomic mass is 9.95. The second kappa shape index (κ2) is 5.10. The molecule has 0 amide bonds. The summed E-state index contributed by atoms with van der Waals surface area (Å²) < 4.78 is 0.638. The molecule has 1 saturated heterocycles. The minimum atomic E-state index is 0.549. The number of H-pyrrole nitrogens is 2. The summed E-state index contributed by atoms with van der Waals surface area (Å²) in [6.45, 7) is 6.91. The lowest BCUT2D eigenvalue weighted by molar-refractivity contribution is 0.156. The number of hydrogen-bond donors (Lipinski definition) is 2. The van der Waals surface area contributed by atoms with E-state index in [-0.39, 0.29) is 0 Å². The molecule has 2 rings (SSSR count). The van der Waals surface area contributed by atoms with Crippen LogP contribution in [-0.2, 0) is 0 Å². The van der Waals surface area contributed by atoms with Gasteiger partial charge in [-0.05, 0) is 51.5 Å². The van der Waals surface area contributed by atoms with Crippen LogP contribution in [0.25, 0.3) is 0 Å². The molecule has 5 heteroatoms. The molecule has 1 aromatic heterocycles. The second-order valence-corrected chi connectivity index (χ2v) is 5.04. The van der Waals surface area contributed by atoms with Gasteiger partial charge in [0.15, 0.2) is 4.77 Å². The molecule has 1 unspecified atom stereocenters. The van der Waals surface area contributed by atoms with Gasteiger partial charge in [-0.25, -0.2) is 0 Å². The van der Waals surface area contributed by atoms with Crippen LogP contribution in [0.4, 0.5) is 0 Å². The van der Waals surface area contributed by atoms with Gasteiger partial charge in [0.25, 0.3) is 0 Å². The van der Waals surface area contributed by atoms with Gasteiger partial charge < -0.3 is 9.88 Å². The first-order valence-electron chi connectivity index (χ1n) is 6.09. The average Bonchev–Trinajstić information content (AvgIpc) is 2.75. The summed E-state index contributed by atoms with van der Waals surface area (Å²) in [6.07, 6.45) is 3.59. The van der Waals surface area contributed by atoms with Crippen molar-refractivity contribution in [1.29, 1.82) is 0 Å². The highest BCUT2D eigenvalue weighted by Crippen LogP contribution is 2.26. The van der Waals surface area contributed by atoms with E-state index in [1.165, 1.54) is 32.4 Å². The molecular formula is C11H20N4S. The standard InChI is InChI=1S/C11H20N4S/c1-3-8(2)15-6-4-9(5-7-15)10-12-11(16)14-13-10/h8-9H,3-7H2,1-2H3,(H2,12,13,14,16). The summed E-state index contributed by atoms with van der Waals surface area (Å²) in [5.74, 6) is 1.59. The van der Waals surface area contributed by atoms with E-state index in [1.807, 2.05) is 0 Å². The Hall–Kier alpha value is -0.680. The molecule has 1 atom stereocenters. The maximum Gasteiger partial charge on any atom is 0.192 e. The zero-order chi connectivity index (χ0) is 11.5. The fraction of sp³-hybridized carbons (Fsp3) is 0.818. The van der Waals surface area contributed by atoms with E-state index in [9.17, 15) is 0 Å². The van der Waals surface area contributed by atoms with Gasteiger partial charge in [0.1, 0.15) is 5.82 Å². The molecule has 0 spiro atoms. The Labute approximate surface area is 101 Å². The van der Waals surface area contributed by atoms with Crippen molar-refractivity contribution in [3.05, 3.63) is 10.6 Å². The Bertz CT molecular complexity index is 375. The lowest BCUT2D eigenvalue weighted by Gasteiger charge is -2.34. The third-order valence-electron chi connectivity index (χ3n) is 3.65. The molecule has 1 aliphatic rings. The molecule has 1 aliphatic heterocycles. The van der Waals surface area contributed by atoms with E-state index in [2.05, 4.69) is 33.9 Å². The molecule has 2 heterocycles. The molecule has 1 fully saturated rings. The average molecular weight is 240 g/mol. The van der Waals surface area contributed by atoms with Crippen LogP contribution in [0.1, 0.15) is 44.9 Å². The maximum atomic E-state index is 5.00. The Morgan fingerprint density at radius 1 is 1.50 bits per heavy atom. The largest absolute Gasteiger partial charge is 0.318 e. The van der Waals surface area contributed by atoms with E-state index in [0.717, 1.165) is 5.82 Å². The molecule has 0 aliphatic carbocycles. The molecule has 2 N–H and O–H groups in total. The highest BCUT2D eigenvalue weighted by molar-refractivity contribution is 7.71. The fourth-order valence-electron chi connectivity index (χ4n) is 2.35. The summed E-state index contributed by atoms with van der Waals surface area (Å²) in [7, 11) is 0. The van der Waals surface area contributed by atoms with Gasteiger partial charge in [0.05, 0.1) is 0 Å². The first-order valence-corrected chi connectivity index (χ1v) is 6.50. The first-order chi connectivity index (χ1) is 7.70. The van der Waals surface area contributed by atoms with Crippen LogP contribution in [0.2, 0.25) is 0 Å². The number of likely N-dealkylation sites (tertiary alicyclic amines) is 1. The summed E-state index contributed by atoms with van der Waals surface area (Å²) in [5.41, 5.74) is 0. The Balaban J connectivity index is 1.92. The predicted molar refractivity (Wildman–Crippen MR) is 67.1 cm³/mol. The zero-order valence-corrected chi connectivity index (χ0v) is 10.8. The van der Waals surface area contributed by atoms with Crippen molar-refractivity contribution in [3.63, 3.8) is 0 Å². The van der Waals surface area contributed by atoms with Crippen molar-refractivity contribution in [2.75, 3.05) is 13.1 Å². The van der Waals surface area contributed by atoms with Gasteiger partial charge in [0, 0.05) is 12.0 Å². The number of aromatic amines is 2. The monoisotopic (exact) mass is 240 g/mol. The van der Waals surface area contributed by atoms with E-state index >= 15 is 0 Å². The number of nitrogens with zero attached hydrogens (tertiary/aromatic N) is 2. The molecule has 0 bridgehead atoms. The topological polar surface area (TPSA) is 47.7 Å². The minimum absolute atomic E-state index is 0.549. The van der Waals surface area contributed by atoms with Crippen molar-refractivity contribution in [2.45, 2.75) is 45.1 Å². The minimum Gasteiger partial charge on any atom is -0.318 e. The lowest BCUT2D eigenvalue weighted by Crippen LogP contribution is -2.39. The smallest absolute Gasteiger partial charge is 0.192 e. The van der Waals surface area contributed by atoms with E-state index in [1.54, 1.807) is 0 Å². The SMILES string of the molecule is CCC(C)N1CCC(c2n[nH]c(=S)[nH]2)CC1. The van der Waals surface area contributed by atoms with Crippen molar-refractivity contribution in [1.82, 2.24) is 20.1 Å². The summed E-state index contributed by atoms with van der Waals surface area (Å²) >= 11 is 5.00.